The van der Waals surface area contributed by atoms with Crippen molar-refractivity contribution < 1.29 is 0 Å². The van der Waals surface area contributed by atoms with Gasteiger partial charge in [0.25, 0.3) is 0 Å². The lowest BCUT2D eigenvalue weighted by atomic mass is 10.1. The van der Waals surface area contributed by atoms with Crippen LogP contribution >= 0.6 is 0 Å². The van der Waals surface area contributed by atoms with Gasteiger partial charge in [0.1, 0.15) is 11.0 Å². The molecule has 5 aromatic heterocycles. The van der Waals surface area contributed by atoms with Crippen molar-refractivity contribution in [3.05, 3.63) is 42.9 Å². The molecule has 0 unspecified atom stereocenters. The zero-order chi connectivity index (χ0) is 23.2. The van der Waals surface area contributed by atoms with Crippen LogP contribution in [0.15, 0.2) is 42.9 Å². The molecular formula is C24H26N10. The number of aromatic amines is 2. The summed E-state index contributed by atoms with van der Waals surface area (Å²) in [4.78, 5) is 28.9. The van der Waals surface area contributed by atoms with Crippen LogP contribution in [0.1, 0.15) is 0 Å². The smallest absolute Gasteiger partial charge is 0.162 e. The van der Waals surface area contributed by atoms with E-state index in [9.17, 15) is 0 Å². The van der Waals surface area contributed by atoms with Crippen molar-refractivity contribution in [3.8, 4) is 22.8 Å². The molecule has 1 saturated heterocycles. The fourth-order valence-electron chi connectivity index (χ4n) is 4.35. The van der Waals surface area contributed by atoms with Crippen molar-refractivity contribution in [1.82, 2.24) is 40.0 Å². The van der Waals surface area contributed by atoms with E-state index in [1.165, 1.54) is 0 Å². The summed E-state index contributed by atoms with van der Waals surface area (Å²) in [5.74, 6) is 0.653. The first kappa shape index (κ1) is 20.5. The molecule has 0 aliphatic carbocycles. The van der Waals surface area contributed by atoms with Gasteiger partial charge in [0.2, 0.25) is 0 Å². The number of nitrogens with one attached hydrogen (secondary N) is 2. The lowest BCUT2D eigenvalue weighted by Crippen LogP contribution is -2.44. The van der Waals surface area contributed by atoms with Crippen molar-refractivity contribution in [1.29, 1.82) is 0 Å². The highest BCUT2D eigenvalue weighted by Crippen LogP contribution is 2.31. The number of likely N-dealkylation sites (N-methyl/N-ethyl adjacent to an activating group) is 1. The van der Waals surface area contributed by atoms with Crippen LogP contribution in [0.25, 0.3) is 45.0 Å². The first-order valence-electron chi connectivity index (χ1n) is 11.3. The third-order valence-electron chi connectivity index (χ3n) is 6.38. The number of hydrogen-bond acceptors (Lipinski definition) is 8. The Labute approximate surface area is 196 Å². The van der Waals surface area contributed by atoms with Crippen molar-refractivity contribution in [2.24, 2.45) is 0 Å². The van der Waals surface area contributed by atoms with Crippen molar-refractivity contribution in [2.45, 2.75) is 0 Å². The molecular weight excluding hydrogens is 428 g/mol. The average Bonchev–Trinajstić information content (AvgIpc) is 3.48. The summed E-state index contributed by atoms with van der Waals surface area (Å²) in [5.41, 5.74) is 7.79. The molecule has 0 spiro atoms. The van der Waals surface area contributed by atoms with Crippen LogP contribution in [-0.2, 0) is 0 Å². The Balaban J connectivity index is 1.42. The van der Waals surface area contributed by atoms with Gasteiger partial charge in [-0.3, -0.25) is 10.1 Å². The van der Waals surface area contributed by atoms with E-state index in [2.05, 4.69) is 48.1 Å². The number of imidazole rings is 1. The number of piperazine rings is 1. The molecule has 0 bridgehead atoms. The maximum Gasteiger partial charge on any atom is 0.162 e. The molecule has 1 aliphatic heterocycles. The molecule has 10 nitrogen and oxygen atoms in total. The molecule has 5 aromatic rings. The Morgan fingerprint density at radius 2 is 1.82 bits per heavy atom. The SMILES string of the molecule is CN1CCN(c2ccnc3[nH]c(-c4n[nH]c5ccc(-c6cncc(N(C)C)c6)nc45)nc23)CC1. The summed E-state index contributed by atoms with van der Waals surface area (Å²) in [6, 6.07) is 8.09. The van der Waals surface area contributed by atoms with E-state index in [-0.39, 0.29) is 0 Å². The molecule has 6 heterocycles. The van der Waals surface area contributed by atoms with Gasteiger partial charge in [0, 0.05) is 58.2 Å². The van der Waals surface area contributed by atoms with Gasteiger partial charge in [-0.15, -0.1) is 0 Å². The molecule has 1 fully saturated rings. The van der Waals surface area contributed by atoms with E-state index in [1.807, 2.05) is 55.8 Å². The quantitative estimate of drug-likeness (QED) is 0.427. The van der Waals surface area contributed by atoms with Gasteiger partial charge < -0.3 is 19.7 Å². The highest BCUT2D eigenvalue weighted by Gasteiger charge is 2.21. The number of nitrogens with zero attached hydrogens (tertiary/aromatic N) is 8. The summed E-state index contributed by atoms with van der Waals surface area (Å²) in [7, 11) is 6.15. The van der Waals surface area contributed by atoms with Crippen LogP contribution in [-0.4, -0.2) is 87.3 Å². The molecule has 34 heavy (non-hydrogen) atoms. The van der Waals surface area contributed by atoms with Crippen LogP contribution < -0.4 is 9.80 Å². The third kappa shape index (κ3) is 3.52. The van der Waals surface area contributed by atoms with Crippen LogP contribution in [0, 0.1) is 0 Å². The van der Waals surface area contributed by atoms with Crippen molar-refractivity contribution >= 4 is 33.6 Å². The van der Waals surface area contributed by atoms with Crippen molar-refractivity contribution in [2.75, 3.05) is 57.1 Å². The molecule has 0 saturated carbocycles. The van der Waals surface area contributed by atoms with Crippen LogP contribution in [0.3, 0.4) is 0 Å². The number of rotatable bonds is 4. The number of H-pyrrole nitrogens is 2. The Kier molecular flexibility index (Phi) is 4.88. The number of anilines is 2. The minimum Gasteiger partial charge on any atom is -0.376 e. The predicted molar refractivity (Wildman–Crippen MR) is 134 cm³/mol. The fourth-order valence-corrected chi connectivity index (χ4v) is 4.35. The Bertz CT molecular complexity index is 1480. The second-order valence-electron chi connectivity index (χ2n) is 8.89. The number of hydrogen-bond donors (Lipinski definition) is 2. The monoisotopic (exact) mass is 454 g/mol. The largest absolute Gasteiger partial charge is 0.376 e. The molecule has 2 N–H and O–H groups in total. The number of pyridine rings is 3. The zero-order valence-corrected chi connectivity index (χ0v) is 19.4. The van der Waals surface area contributed by atoms with Gasteiger partial charge >= 0.3 is 0 Å². The van der Waals surface area contributed by atoms with Gasteiger partial charge in [-0.2, -0.15) is 5.10 Å². The fraction of sp³-hybridized carbons (Fsp3) is 0.292. The van der Waals surface area contributed by atoms with Crippen LogP contribution in [0.5, 0.6) is 0 Å². The summed E-state index contributed by atoms with van der Waals surface area (Å²) in [5, 5.41) is 7.63. The molecule has 0 amide bonds. The van der Waals surface area contributed by atoms with Gasteiger partial charge in [-0.05, 0) is 31.3 Å². The number of fused-ring (bicyclic) bond motifs is 2. The lowest BCUT2D eigenvalue weighted by molar-refractivity contribution is 0.313. The molecule has 172 valence electrons. The Hall–Kier alpha value is -4.05. The van der Waals surface area contributed by atoms with Gasteiger partial charge in [-0.25, -0.2) is 15.0 Å². The van der Waals surface area contributed by atoms with E-state index in [0.29, 0.717) is 11.5 Å². The predicted octanol–water partition coefficient (Wildman–Crippen LogP) is 2.78. The maximum atomic E-state index is 4.92. The van der Waals surface area contributed by atoms with Crippen LogP contribution in [0.4, 0.5) is 11.4 Å². The first-order chi connectivity index (χ1) is 16.6. The summed E-state index contributed by atoms with van der Waals surface area (Å²) < 4.78 is 0. The normalized spacial score (nSPS) is 14.9. The lowest BCUT2D eigenvalue weighted by Gasteiger charge is -2.33. The highest BCUT2D eigenvalue weighted by molar-refractivity contribution is 5.93. The Morgan fingerprint density at radius 3 is 2.65 bits per heavy atom. The minimum absolute atomic E-state index is 0.653. The summed E-state index contributed by atoms with van der Waals surface area (Å²) in [6.07, 6.45) is 5.50. The highest BCUT2D eigenvalue weighted by atomic mass is 15.3. The molecule has 1 aliphatic rings. The van der Waals surface area contributed by atoms with Gasteiger partial charge in [0.05, 0.1) is 28.8 Å². The van der Waals surface area contributed by atoms with Gasteiger partial charge in [0.15, 0.2) is 17.2 Å². The maximum absolute atomic E-state index is 4.92. The standard InChI is InChI=1S/C24H26N10/c1-32(2)16-12-15(13-25-14-16)17-4-5-18-20(27-17)22(31-30-18)24-28-21-19(6-7-26-23(21)29-24)34-10-8-33(3)9-11-34/h4-7,12-14H,8-11H2,1-3H3,(H,30,31)(H,26,28,29). The molecule has 0 atom stereocenters. The van der Waals surface area contributed by atoms with Crippen LogP contribution in [0.2, 0.25) is 0 Å². The summed E-state index contributed by atoms with van der Waals surface area (Å²) in [6.45, 7) is 3.99. The second-order valence-corrected chi connectivity index (χ2v) is 8.89. The van der Waals surface area contributed by atoms with E-state index < -0.39 is 0 Å². The van der Waals surface area contributed by atoms with E-state index in [0.717, 1.165) is 71.0 Å². The first-order valence-corrected chi connectivity index (χ1v) is 11.3. The van der Waals surface area contributed by atoms with Gasteiger partial charge in [-0.1, -0.05) is 0 Å². The number of aromatic nitrogens is 7. The Morgan fingerprint density at radius 1 is 0.971 bits per heavy atom. The van der Waals surface area contributed by atoms with E-state index in [4.69, 9.17) is 9.97 Å². The minimum atomic E-state index is 0.653. The topological polar surface area (TPSA) is 106 Å². The zero-order valence-electron chi connectivity index (χ0n) is 19.4. The van der Waals surface area contributed by atoms with E-state index in [1.54, 1.807) is 0 Å². The summed E-state index contributed by atoms with van der Waals surface area (Å²) >= 11 is 0. The second kappa shape index (κ2) is 8.07. The molecule has 6 rings (SSSR count). The van der Waals surface area contributed by atoms with E-state index >= 15 is 0 Å². The average molecular weight is 455 g/mol. The third-order valence-corrected chi connectivity index (χ3v) is 6.38. The molecule has 0 radical (unpaired) electrons. The molecule has 0 aromatic carbocycles. The van der Waals surface area contributed by atoms with Crippen molar-refractivity contribution in [3.63, 3.8) is 0 Å². The molecule has 10 heteroatoms.